The van der Waals surface area contributed by atoms with Crippen molar-refractivity contribution < 1.29 is 19.1 Å². The Bertz CT molecular complexity index is 725. The first-order chi connectivity index (χ1) is 11.5. The number of anilines is 1. The Morgan fingerprint density at radius 1 is 1.04 bits per heavy atom. The second kappa shape index (κ2) is 8.15. The van der Waals surface area contributed by atoms with Gasteiger partial charge in [0, 0.05) is 11.3 Å². The molecule has 0 fully saturated rings. The van der Waals surface area contributed by atoms with E-state index in [1.54, 1.807) is 55.6 Å². The monoisotopic (exact) mass is 327 g/mol. The van der Waals surface area contributed by atoms with Gasteiger partial charge in [-0.1, -0.05) is 26.0 Å². The van der Waals surface area contributed by atoms with Crippen molar-refractivity contribution in [2.45, 2.75) is 13.8 Å². The SMILES string of the molecule is COc1cccc(C(=O)Nc2cccc(C(=O)OCC(C)C)c2)c1. The number of amides is 1. The predicted octanol–water partition coefficient (Wildman–Crippen LogP) is 3.76. The van der Waals surface area contributed by atoms with E-state index >= 15 is 0 Å². The van der Waals surface area contributed by atoms with E-state index in [1.807, 2.05) is 13.8 Å². The van der Waals surface area contributed by atoms with Crippen LogP contribution in [0.5, 0.6) is 5.75 Å². The largest absolute Gasteiger partial charge is 0.497 e. The summed E-state index contributed by atoms with van der Waals surface area (Å²) >= 11 is 0. The average Bonchev–Trinajstić information content (AvgIpc) is 2.59. The Hall–Kier alpha value is -2.82. The van der Waals surface area contributed by atoms with E-state index in [0.717, 1.165) is 0 Å². The van der Waals surface area contributed by atoms with E-state index in [-0.39, 0.29) is 11.8 Å². The third-order valence-corrected chi connectivity index (χ3v) is 3.24. The van der Waals surface area contributed by atoms with Crippen molar-refractivity contribution in [2.24, 2.45) is 5.92 Å². The molecule has 0 radical (unpaired) electrons. The number of esters is 1. The second-order valence-corrected chi connectivity index (χ2v) is 5.76. The lowest BCUT2D eigenvalue weighted by atomic mass is 10.1. The van der Waals surface area contributed by atoms with Gasteiger partial charge < -0.3 is 14.8 Å². The van der Waals surface area contributed by atoms with Crippen LogP contribution in [0.15, 0.2) is 48.5 Å². The van der Waals surface area contributed by atoms with Crippen LogP contribution >= 0.6 is 0 Å². The number of methoxy groups -OCH3 is 1. The van der Waals surface area contributed by atoms with Crippen LogP contribution in [-0.2, 0) is 4.74 Å². The van der Waals surface area contributed by atoms with Gasteiger partial charge in [-0.2, -0.15) is 0 Å². The first kappa shape index (κ1) is 17.5. The van der Waals surface area contributed by atoms with Crippen LogP contribution in [0, 0.1) is 5.92 Å². The number of hydrogen-bond donors (Lipinski definition) is 1. The van der Waals surface area contributed by atoms with Gasteiger partial charge in [0.2, 0.25) is 0 Å². The summed E-state index contributed by atoms with van der Waals surface area (Å²) in [5.41, 5.74) is 1.41. The van der Waals surface area contributed by atoms with E-state index in [4.69, 9.17) is 9.47 Å². The van der Waals surface area contributed by atoms with E-state index in [9.17, 15) is 9.59 Å². The highest BCUT2D eigenvalue weighted by molar-refractivity contribution is 6.05. The summed E-state index contributed by atoms with van der Waals surface area (Å²) in [5, 5.41) is 2.77. The normalized spacial score (nSPS) is 10.3. The second-order valence-electron chi connectivity index (χ2n) is 5.76. The van der Waals surface area contributed by atoms with Crippen LogP contribution in [0.2, 0.25) is 0 Å². The summed E-state index contributed by atoms with van der Waals surface area (Å²) in [6.07, 6.45) is 0. The van der Waals surface area contributed by atoms with Crippen LogP contribution in [0.3, 0.4) is 0 Å². The van der Waals surface area contributed by atoms with Gasteiger partial charge in [-0.3, -0.25) is 4.79 Å². The summed E-state index contributed by atoms with van der Waals surface area (Å²) in [6.45, 7) is 4.30. The van der Waals surface area contributed by atoms with E-state index in [0.29, 0.717) is 29.2 Å². The standard InChI is InChI=1S/C19H21NO4/c1-13(2)12-24-19(22)15-7-4-8-16(10-15)20-18(21)14-6-5-9-17(11-14)23-3/h4-11,13H,12H2,1-3H3,(H,20,21). The third-order valence-electron chi connectivity index (χ3n) is 3.24. The Balaban J connectivity index is 2.08. The molecule has 2 aromatic carbocycles. The van der Waals surface area contributed by atoms with Crippen molar-refractivity contribution >= 4 is 17.6 Å². The number of rotatable bonds is 6. The van der Waals surface area contributed by atoms with Gasteiger partial charge in [0.25, 0.3) is 5.91 Å². The van der Waals surface area contributed by atoms with Gasteiger partial charge in [-0.25, -0.2) is 4.79 Å². The molecule has 1 N–H and O–H groups in total. The molecule has 0 spiro atoms. The average molecular weight is 327 g/mol. The van der Waals surface area contributed by atoms with Crippen molar-refractivity contribution in [2.75, 3.05) is 19.0 Å². The molecular weight excluding hydrogens is 306 g/mol. The van der Waals surface area contributed by atoms with Crippen molar-refractivity contribution in [1.82, 2.24) is 0 Å². The summed E-state index contributed by atoms with van der Waals surface area (Å²) < 4.78 is 10.3. The molecule has 0 aromatic heterocycles. The molecule has 126 valence electrons. The Morgan fingerprint density at radius 2 is 1.75 bits per heavy atom. The number of nitrogens with one attached hydrogen (secondary N) is 1. The Kier molecular flexibility index (Phi) is 5.95. The zero-order valence-corrected chi connectivity index (χ0v) is 14.0. The summed E-state index contributed by atoms with van der Waals surface area (Å²) in [6, 6.07) is 13.5. The summed E-state index contributed by atoms with van der Waals surface area (Å²) in [5.74, 6) is 0.196. The van der Waals surface area contributed by atoms with Crippen molar-refractivity contribution in [1.29, 1.82) is 0 Å². The molecule has 1 amide bonds. The van der Waals surface area contributed by atoms with Gasteiger partial charge in [0.05, 0.1) is 19.3 Å². The lowest BCUT2D eigenvalue weighted by Gasteiger charge is -2.09. The molecule has 0 heterocycles. The van der Waals surface area contributed by atoms with Gasteiger partial charge in [-0.05, 0) is 42.3 Å². The molecule has 0 atom stereocenters. The van der Waals surface area contributed by atoms with Gasteiger partial charge in [0.1, 0.15) is 5.75 Å². The number of hydrogen-bond acceptors (Lipinski definition) is 4. The molecule has 0 saturated carbocycles. The van der Waals surface area contributed by atoms with Gasteiger partial charge >= 0.3 is 5.97 Å². The van der Waals surface area contributed by atoms with Gasteiger partial charge in [-0.15, -0.1) is 0 Å². The number of ether oxygens (including phenoxy) is 2. The highest BCUT2D eigenvalue weighted by Gasteiger charge is 2.11. The fourth-order valence-electron chi connectivity index (χ4n) is 2.02. The minimum atomic E-state index is -0.402. The first-order valence-electron chi connectivity index (χ1n) is 7.72. The van der Waals surface area contributed by atoms with Crippen LogP contribution < -0.4 is 10.1 Å². The molecular formula is C19H21NO4. The molecule has 0 unspecified atom stereocenters. The van der Waals surface area contributed by atoms with Crippen molar-refractivity contribution in [3.8, 4) is 5.75 Å². The highest BCUT2D eigenvalue weighted by atomic mass is 16.5. The third kappa shape index (κ3) is 4.84. The number of benzene rings is 2. The van der Waals surface area contributed by atoms with E-state index < -0.39 is 5.97 Å². The molecule has 0 aliphatic carbocycles. The maximum Gasteiger partial charge on any atom is 0.338 e. The zero-order valence-electron chi connectivity index (χ0n) is 14.0. The van der Waals surface area contributed by atoms with Crippen molar-refractivity contribution in [3.05, 3.63) is 59.7 Å². The zero-order chi connectivity index (χ0) is 17.5. The molecule has 2 aromatic rings. The molecule has 0 aliphatic rings. The molecule has 5 nitrogen and oxygen atoms in total. The smallest absolute Gasteiger partial charge is 0.338 e. The summed E-state index contributed by atoms with van der Waals surface area (Å²) in [7, 11) is 1.54. The molecule has 24 heavy (non-hydrogen) atoms. The van der Waals surface area contributed by atoms with Crippen LogP contribution in [-0.4, -0.2) is 25.6 Å². The molecule has 0 saturated heterocycles. The molecule has 0 bridgehead atoms. The topological polar surface area (TPSA) is 64.6 Å². The maximum absolute atomic E-state index is 12.3. The quantitative estimate of drug-likeness (QED) is 0.821. The first-order valence-corrected chi connectivity index (χ1v) is 7.72. The minimum absolute atomic E-state index is 0.268. The Morgan fingerprint density at radius 3 is 2.46 bits per heavy atom. The lowest BCUT2D eigenvalue weighted by Crippen LogP contribution is -2.13. The minimum Gasteiger partial charge on any atom is -0.497 e. The molecule has 5 heteroatoms. The van der Waals surface area contributed by atoms with E-state index in [2.05, 4.69) is 5.32 Å². The fraction of sp³-hybridized carbons (Fsp3) is 0.263. The number of carbonyl (C=O) groups is 2. The van der Waals surface area contributed by atoms with Crippen LogP contribution in [0.4, 0.5) is 5.69 Å². The Labute approximate surface area is 141 Å². The fourth-order valence-corrected chi connectivity index (χ4v) is 2.02. The predicted molar refractivity (Wildman–Crippen MR) is 92.5 cm³/mol. The molecule has 2 rings (SSSR count). The molecule has 0 aliphatic heterocycles. The van der Waals surface area contributed by atoms with E-state index in [1.165, 1.54) is 0 Å². The van der Waals surface area contributed by atoms with Crippen LogP contribution in [0.25, 0.3) is 0 Å². The van der Waals surface area contributed by atoms with Crippen LogP contribution in [0.1, 0.15) is 34.6 Å². The maximum atomic E-state index is 12.3. The van der Waals surface area contributed by atoms with Gasteiger partial charge in [0.15, 0.2) is 0 Å². The lowest BCUT2D eigenvalue weighted by molar-refractivity contribution is 0.0459. The van der Waals surface area contributed by atoms with Crippen molar-refractivity contribution in [3.63, 3.8) is 0 Å². The summed E-state index contributed by atoms with van der Waals surface area (Å²) in [4.78, 5) is 24.3. The number of carbonyl (C=O) groups excluding carboxylic acids is 2. The highest BCUT2D eigenvalue weighted by Crippen LogP contribution is 2.16.